The highest BCUT2D eigenvalue weighted by molar-refractivity contribution is 7.92. The number of hydrogen-bond acceptors (Lipinski definition) is 4. The summed E-state index contributed by atoms with van der Waals surface area (Å²) in [5.41, 5.74) is 2.93. The maximum absolute atomic E-state index is 14.2. The Hall–Kier alpha value is -4.43. The minimum absolute atomic E-state index is 0.0750. The van der Waals surface area contributed by atoms with Gasteiger partial charge in [-0.1, -0.05) is 91.0 Å². The molecule has 0 aliphatic rings. The van der Waals surface area contributed by atoms with Gasteiger partial charge in [0.1, 0.15) is 12.6 Å². The summed E-state index contributed by atoms with van der Waals surface area (Å²) in [4.78, 5) is 29.0. The number of likely N-dealkylation sites (N-methyl/N-ethyl adjacent to an activating group) is 1. The number of aryl methyl sites for hydroxylation is 1. The summed E-state index contributed by atoms with van der Waals surface area (Å²) in [5.74, 6) is -0.824. The van der Waals surface area contributed by atoms with Crippen LogP contribution in [-0.2, 0) is 32.6 Å². The van der Waals surface area contributed by atoms with E-state index in [0.717, 1.165) is 21.0 Å². The first-order chi connectivity index (χ1) is 19.3. The molecule has 2 amide bonds. The Kier molecular flexibility index (Phi) is 9.35. The Morgan fingerprint density at radius 3 is 1.93 bits per heavy atom. The second kappa shape index (κ2) is 13.1. The SMILES string of the molecule is CNC(=O)C(Cc1ccccc1)N(Cc1ccccc1)C(=O)CN(c1cccc(C)c1)S(=O)(=O)c1ccccc1. The van der Waals surface area contributed by atoms with Crippen molar-refractivity contribution in [1.82, 2.24) is 10.2 Å². The van der Waals surface area contributed by atoms with Gasteiger partial charge in [-0.05, 0) is 47.9 Å². The molecule has 0 spiro atoms. The number of anilines is 1. The summed E-state index contributed by atoms with van der Waals surface area (Å²) in [6, 6.07) is 33.0. The maximum atomic E-state index is 14.2. The van der Waals surface area contributed by atoms with E-state index in [1.807, 2.05) is 73.7 Å². The molecular weight excluding hydrogens is 522 g/mol. The van der Waals surface area contributed by atoms with E-state index in [1.165, 1.54) is 24.1 Å². The van der Waals surface area contributed by atoms with Gasteiger partial charge in [0.2, 0.25) is 11.8 Å². The van der Waals surface area contributed by atoms with Crippen molar-refractivity contribution in [2.24, 2.45) is 0 Å². The van der Waals surface area contributed by atoms with E-state index in [2.05, 4.69) is 5.32 Å². The number of nitrogens with one attached hydrogen (secondary N) is 1. The second-order valence-electron chi connectivity index (χ2n) is 9.49. The zero-order valence-electron chi connectivity index (χ0n) is 22.6. The molecule has 0 heterocycles. The first kappa shape index (κ1) is 28.6. The average Bonchev–Trinajstić information content (AvgIpc) is 2.98. The third kappa shape index (κ3) is 6.95. The van der Waals surface area contributed by atoms with E-state index < -0.39 is 28.5 Å². The first-order valence-corrected chi connectivity index (χ1v) is 14.5. The lowest BCUT2D eigenvalue weighted by Crippen LogP contribution is -2.53. The van der Waals surface area contributed by atoms with Gasteiger partial charge < -0.3 is 10.2 Å². The van der Waals surface area contributed by atoms with Crippen molar-refractivity contribution in [3.63, 3.8) is 0 Å². The van der Waals surface area contributed by atoms with Crippen molar-refractivity contribution in [3.05, 3.63) is 132 Å². The molecule has 7 nitrogen and oxygen atoms in total. The summed E-state index contributed by atoms with van der Waals surface area (Å²) in [6.07, 6.45) is 0.273. The molecule has 4 aromatic carbocycles. The van der Waals surface area contributed by atoms with Crippen LogP contribution in [0, 0.1) is 6.92 Å². The fourth-order valence-corrected chi connectivity index (χ4v) is 5.96. The fraction of sp³-hybridized carbons (Fsp3) is 0.188. The van der Waals surface area contributed by atoms with E-state index in [4.69, 9.17) is 0 Å². The number of benzene rings is 4. The van der Waals surface area contributed by atoms with E-state index in [1.54, 1.807) is 36.4 Å². The summed E-state index contributed by atoms with van der Waals surface area (Å²) < 4.78 is 28.9. The van der Waals surface area contributed by atoms with Crippen LogP contribution < -0.4 is 9.62 Å². The molecule has 0 radical (unpaired) electrons. The van der Waals surface area contributed by atoms with Gasteiger partial charge in [-0.2, -0.15) is 0 Å². The van der Waals surface area contributed by atoms with Gasteiger partial charge in [0.15, 0.2) is 0 Å². The largest absolute Gasteiger partial charge is 0.357 e. The zero-order chi connectivity index (χ0) is 28.5. The van der Waals surface area contributed by atoms with E-state index in [-0.39, 0.29) is 23.8 Å². The molecule has 0 aliphatic carbocycles. The van der Waals surface area contributed by atoms with Gasteiger partial charge in [0.05, 0.1) is 10.6 Å². The molecule has 0 aliphatic heterocycles. The van der Waals surface area contributed by atoms with Crippen LogP contribution in [0.2, 0.25) is 0 Å². The summed E-state index contributed by atoms with van der Waals surface area (Å²) in [6.45, 7) is 1.52. The van der Waals surface area contributed by atoms with Crippen molar-refractivity contribution in [1.29, 1.82) is 0 Å². The minimum atomic E-state index is -4.10. The average molecular weight is 556 g/mol. The van der Waals surface area contributed by atoms with Crippen LogP contribution in [0.5, 0.6) is 0 Å². The van der Waals surface area contributed by atoms with Gasteiger partial charge in [0, 0.05) is 20.0 Å². The third-order valence-corrected chi connectivity index (χ3v) is 8.40. The lowest BCUT2D eigenvalue weighted by Gasteiger charge is -2.33. The predicted molar refractivity (Wildman–Crippen MR) is 157 cm³/mol. The molecule has 1 unspecified atom stereocenters. The lowest BCUT2D eigenvalue weighted by molar-refractivity contribution is -0.139. The topological polar surface area (TPSA) is 86.8 Å². The fourth-order valence-electron chi connectivity index (χ4n) is 4.53. The minimum Gasteiger partial charge on any atom is -0.357 e. The third-order valence-electron chi connectivity index (χ3n) is 6.61. The van der Waals surface area contributed by atoms with Crippen LogP contribution in [-0.4, -0.2) is 44.8 Å². The number of rotatable bonds is 11. The molecule has 0 aromatic heterocycles. The molecule has 4 aromatic rings. The molecule has 0 bridgehead atoms. The molecule has 206 valence electrons. The highest BCUT2D eigenvalue weighted by Gasteiger charge is 2.34. The zero-order valence-corrected chi connectivity index (χ0v) is 23.4. The molecular formula is C32H33N3O4S. The van der Waals surface area contributed by atoms with Crippen molar-refractivity contribution in [2.45, 2.75) is 30.8 Å². The van der Waals surface area contributed by atoms with E-state index in [0.29, 0.717) is 5.69 Å². The Bertz CT molecular complexity index is 1530. The Morgan fingerprint density at radius 2 is 1.35 bits per heavy atom. The molecule has 4 rings (SSSR count). The van der Waals surface area contributed by atoms with Gasteiger partial charge >= 0.3 is 0 Å². The number of hydrogen-bond donors (Lipinski definition) is 1. The van der Waals surface area contributed by atoms with Crippen LogP contribution in [0.15, 0.2) is 120 Å². The Labute approximate surface area is 236 Å². The first-order valence-electron chi connectivity index (χ1n) is 13.0. The number of nitrogens with zero attached hydrogens (tertiary/aromatic N) is 2. The standard InChI is InChI=1S/C32H33N3O4S/c1-25-13-12-18-28(21-25)35(40(38,39)29-19-10-5-11-20-29)24-31(36)34(23-27-16-8-4-9-17-27)30(32(37)33-2)22-26-14-6-3-7-15-26/h3-21,30H,22-24H2,1-2H3,(H,33,37). The molecule has 1 N–H and O–H groups in total. The number of amides is 2. The predicted octanol–water partition coefficient (Wildman–Crippen LogP) is 4.58. The quantitative estimate of drug-likeness (QED) is 0.294. The highest BCUT2D eigenvalue weighted by atomic mass is 32.2. The molecule has 0 fully saturated rings. The summed E-state index contributed by atoms with van der Waals surface area (Å²) in [7, 11) is -2.57. The smallest absolute Gasteiger partial charge is 0.264 e. The molecule has 8 heteroatoms. The van der Waals surface area contributed by atoms with E-state index >= 15 is 0 Å². The van der Waals surface area contributed by atoms with Gasteiger partial charge in [-0.15, -0.1) is 0 Å². The van der Waals surface area contributed by atoms with Crippen LogP contribution >= 0.6 is 0 Å². The van der Waals surface area contributed by atoms with Crippen molar-refractivity contribution >= 4 is 27.5 Å². The highest BCUT2D eigenvalue weighted by Crippen LogP contribution is 2.25. The molecule has 1 atom stereocenters. The number of carbonyl (C=O) groups is 2. The Morgan fingerprint density at radius 1 is 0.775 bits per heavy atom. The molecule has 0 saturated carbocycles. The van der Waals surface area contributed by atoms with E-state index in [9.17, 15) is 18.0 Å². The lowest BCUT2D eigenvalue weighted by atomic mass is 10.0. The number of sulfonamides is 1. The van der Waals surface area contributed by atoms with Crippen LogP contribution in [0.25, 0.3) is 0 Å². The van der Waals surface area contributed by atoms with Crippen molar-refractivity contribution < 1.29 is 18.0 Å². The summed E-state index contributed by atoms with van der Waals surface area (Å²) in [5, 5.41) is 2.69. The van der Waals surface area contributed by atoms with Crippen molar-refractivity contribution in [3.8, 4) is 0 Å². The monoisotopic (exact) mass is 555 g/mol. The van der Waals surface area contributed by atoms with Gasteiger partial charge in [-0.25, -0.2) is 8.42 Å². The summed E-state index contributed by atoms with van der Waals surface area (Å²) >= 11 is 0. The second-order valence-corrected chi connectivity index (χ2v) is 11.4. The normalized spacial score (nSPS) is 11.8. The van der Waals surface area contributed by atoms with Crippen LogP contribution in [0.1, 0.15) is 16.7 Å². The Balaban J connectivity index is 1.77. The molecule has 40 heavy (non-hydrogen) atoms. The maximum Gasteiger partial charge on any atom is 0.264 e. The van der Waals surface area contributed by atoms with Crippen LogP contribution in [0.3, 0.4) is 0 Å². The van der Waals surface area contributed by atoms with Gasteiger partial charge in [-0.3, -0.25) is 13.9 Å². The van der Waals surface area contributed by atoms with Gasteiger partial charge in [0.25, 0.3) is 10.0 Å². The van der Waals surface area contributed by atoms with Crippen molar-refractivity contribution in [2.75, 3.05) is 17.9 Å². The molecule has 0 saturated heterocycles. The van der Waals surface area contributed by atoms with Crippen LogP contribution in [0.4, 0.5) is 5.69 Å². The number of carbonyl (C=O) groups excluding carboxylic acids is 2.